The summed E-state index contributed by atoms with van der Waals surface area (Å²) < 4.78 is 14.6. The summed E-state index contributed by atoms with van der Waals surface area (Å²) in [5.41, 5.74) is 0.682. The van der Waals surface area contributed by atoms with Crippen LogP contribution in [0.5, 0.6) is 0 Å². The van der Waals surface area contributed by atoms with Crippen molar-refractivity contribution in [2.24, 2.45) is 0 Å². The second-order valence-electron chi connectivity index (χ2n) is 5.00. The summed E-state index contributed by atoms with van der Waals surface area (Å²) in [4.78, 5) is 9.69. The zero-order chi connectivity index (χ0) is 15.7. The monoisotopic (exact) mass is 335 g/mol. The molecule has 0 spiro atoms. The first-order valence-corrected chi connectivity index (χ1v) is 8.23. The van der Waals surface area contributed by atoms with Crippen LogP contribution in [-0.4, -0.2) is 9.97 Å². The number of fused-ring (bicyclic) bond motifs is 1. The first-order chi connectivity index (χ1) is 10.6. The molecule has 0 amide bonds. The minimum Gasteiger partial charge on any atom is -0.374 e. The summed E-state index contributed by atoms with van der Waals surface area (Å²) in [6, 6.07) is 5.05. The molecule has 0 saturated heterocycles. The van der Waals surface area contributed by atoms with Crippen LogP contribution in [0.2, 0.25) is 5.02 Å². The number of hydrogen-bond acceptors (Lipinski definition) is 4. The third-order valence-corrected chi connectivity index (χ3v) is 5.11. The van der Waals surface area contributed by atoms with E-state index < -0.39 is 0 Å². The number of hydrogen-bond donors (Lipinski definition) is 1. The molecule has 0 fully saturated rings. The van der Waals surface area contributed by atoms with Crippen molar-refractivity contribution in [3.05, 3.63) is 51.3 Å². The van der Waals surface area contributed by atoms with Crippen LogP contribution in [0.15, 0.2) is 30.6 Å². The van der Waals surface area contributed by atoms with E-state index in [1.165, 1.54) is 11.1 Å². The molecule has 0 radical (unpaired) electrons. The molecule has 1 atom stereocenters. The fourth-order valence-corrected chi connectivity index (χ4v) is 3.31. The molecule has 1 N–H and O–H groups in total. The van der Waals surface area contributed by atoms with Gasteiger partial charge in [0.05, 0.1) is 16.8 Å². The van der Waals surface area contributed by atoms with Gasteiger partial charge in [0.15, 0.2) is 5.82 Å². The maximum absolute atomic E-state index is 14.6. The third kappa shape index (κ3) is 2.78. The molecule has 1 aromatic carbocycles. The lowest BCUT2D eigenvalue weighted by Crippen LogP contribution is -2.08. The Balaban J connectivity index is 1.92. The van der Waals surface area contributed by atoms with E-state index in [2.05, 4.69) is 22.2 Å². The molecule has 3 aromatic rings. The van der Waals surface area contributed by atoms with Crippen molar-refractivity contribution >= 4 is 39.5 Å². The van der Waals surface area contributed by atoms with E-state index in [4.69, 9.17) is 11.6 Å². The largest absolute Gasteiger partial charge is 0.374 e. The van der Waals surface area contributed by atoms with Crippen LogP contribution in [0.1, 0.15) is 29.8 Å². The maximum atomic E-state index is 14.6. The second-order valence-corrected chi connectivity index (χ2v) is 6.55. The van der Waals surface area contributed by atoms with Crippen LogP contribution in [0.3, 0.4) is 0 Å². The molecular weight excluding hydrogens is 321 g/mol. The van der Waals surface area contributed by atoms with Gasteiger partial charge in [-0.3, -0.25) is 4.98 Å². The van der Waals surface area contributed by atoms with Crippen LogP contribution < -0.4 is 5.32 Å². The topological polar surface area (TPSA) is 37.8 Å². The number of aryl methyl sites for hydroxylation is 1. The number of anilines is 1. The van der Waals surface area contributed by atoms with Crippen molar-refractivity contribution in [3.63, 3.8) is 0 Å². The minimum absolute atomic E-state index is 0.0727. The molecule has 3 rings (SSSR count). The zero-order valence-electron chi connectivity index (χ0n) is 12.2. The fourth-order valence-electron chi connectivity index (χ4n) is 2.24. The summed E-state index contributed by atoms with van der Waals surface area (Å²) in [6.07, 6.45) is 4.34. The average molecular weight is 336 g/mol. The third-order valence-electron chi connectivity index (χ3n) is 3.46. The van der Waals surface area contributed by atoms with Crippen molar-refractivity contribution in [2.45, 2.75) is 26.3 Å². The summed E-state index contributed by atoms with van der Waals surface area (Å²) >= 11 is 7.71. The fraction of sp³-hybridized carbons (Fsp3) is 0.250. The molecule has 0 bridgehead atoms. The summed E-state index contributed by atoms with van der Waals surface area (Å²) in [7, 11) is 0. The van der Waals surface area contributed by atoms with Gasteiger partial charge in [0, 0.05) is 22.7 Å². The highest BCUT2D eigenvalue weighted by Crippen LogP contribution is 2.30. The number of benzene rings is 1. The summed E-state index contributed by atoms with van der Waals surface area (Å²) in [5, 5.41) is 5.22. The van der Waals surface area contributed by atoms with Crippen molar-refractivity contribution in [2.75, 3.05) is 5.32 Å². The maximum Gasteiger partial charge on any atom is 0.172 e. The number of nitrogens with zero attached hydrogens (tertiary/aromatic N) is 2. The predicted molar refractivity (Wildman–Crippen MR) is 90.2 cm³/mol. The Bertz CT molecular complexity index is 818. The summed E-state index contributed by atoms with van der Waals surface area (Å²) in [5.74, 6) is -0.390. The van der Waals surface area contributed by atoms with Gasteiger partial charge in [-0.1, -0.05) is 18.5 Å². The molecule has 1 unspecified atom stereocenters. The van der Waals surface area contributed by atoms with Crippen LogP contribution in [0, 0.1) is 5.82 Å². The van der Waals surface area contributed by atoms with Crippen LogP contribution in [0.4, 0.5) is 10.1 Å². The van der Waals surface area contributed by atoms with Crippen molar-refractivity contribution in [1.29, 1.82) is 0 Å². The van der Waals surface area contributed by atoms with Crippen molar-refractivity contribution in [1.82, 2.24) is 9.97 Å². The Labute approximate surface area is 137 Å². The van der Waals surface area contributed by atoms with Gasteiger partial charge in [0.25, 0.3) is 0 Å². The highest BCUT2D eigenvalue weighted by molar-refractivity contribution is 7.11. The van der Waals surface area contributed by atoms with Gasteiger partial charge < -0.3 is 5.32 Å². The van der Waals surface area contributed by atoms with Gasteiger partial charge in [0.2, 0.25) is 0 Å². The quantitative estimate of drug-likeness (QED) is 0.710. The highest BCUT2D eigenvalue weighted by Gasteiger charge is 2.15. The second kappa shape index (κ2) is 6.18. The molecule has 2 aromatic heterocycles. The molecular formula is C16H15ClFN3S. The molecule has 6 heteroatoms. The van der Waals surface area contributed by atoms with Crippen LogP contribution in [-0.2, 0) is 6.42 Å². The van der Waals surface area contributed by atoms with Crippen LogP contribution in [0.25, 0.3) is 10.9 Å². The Morgan fingerprint density at radius 2 is 2.14 bits per heavy atom. The standard InChI is InChI=1S/C16H15ClFN3S/c1-3-10-8-20-16(22-10)9(2)21-13-5-4-11-12(17)6-7-19-15(11)14(13)18/h4-9,21H,3H2,1-2H3. The van der Waals surface area contributed by atoms with Gasteiger partial charge in [-0.05, 0) is 31.5 Å². The number of aromatic nitrogens is 2. The van der Waals surface area contributed by atoms with Crippen molar-refractivity contribution in [3.8, 4) is 0 Å². The zero-order valence-corrected chi connectivity index (χ0v) is 13.8. The molecule has 0 aliphatic carbocycles. The molecule has 3 nitrogen and oxygen atoms in total. The lowest BCUT2D eigenvalue weighted by Gasteiger charge is -2.14. The van der Waals surface area contributed by atoms with Gasteiger partial charge in [0.1, 0.15) is 10.5 Å². The number of nitrogens with one attached hydrogen (secondary N) is 1. The molecule has 0 saturated carbocycles. The van der Waals surface area contributed by atoms with E-state index in [0.29, 0.717) is 16.1 Å². The first kappa shape index (κ1) is 15.2. The average Bonchev–Trinajstić information content (AvgIpc) is 3.00. The lowest BCUT2D eigenvalue weighted by atomic mass is 10.1. The van der Waals surface area contributed by atoms with Crippen LogP contribution >= 0.6 is 22.9 Å². The molecule has 22 heavy (non-hydrogen) atoms. The van der Waals surface area contributed by atoms with Gasteiger partial charge in [-0.2, -0.15) is 0 Å². The van der Waals surface area contributed by atoms with Crippen molar-refractivity contribution < 1.29 is 4.39 Å². The van der Waals surface area contributed by atoms with E-state index >= 15 is 0 Å². The van der Waals surface area contributed by atoms with E-state index in [-0.39, 0.29) is 17.4 Å². The minimum atomic E-state index is -0.390. The van der Waals surface area contributed by atoms with Gasteiger partial charge in [-0.15, -0.1) is 11.3 Å². The number of rotatable bonds is 4. The summed E-state index contributed by atoms with van der Waals surface area (Å²) in [6.45, 7) is 4.06. The van der Waals surface area contributed by atoms with E-state index in [1.807, 2.05) is 13.1 Å². The predicted octanol–water partition coefficient (Wildman–Crippen LogP) is 5.22. The number of halogens is 2. The smallest absolute Gasteiger partial charge is 0.172 e. The Kier molecular flexibility index (Phi) is 4.27. The Hall–Kier alpha value is -1.72. The number of thiazole rings is 1. The Morgan fingerprint density at radius 3 is 2.86 bits per heavy atom. The highest BCUT2D eigenvalue weighted by atomic mass is 35.5. The number of pyridine rings is 1. The van der Waals surface area contributed by atoms with E-state index in [1.54, 1.807) is 29.5 Å². The van der Waals surface area contributed by atoms with Gasteiger partial charge >= 0.3 is 0 Å². The molecule has 2 heterocycles. The Morgan fingerprint density at radius 1 is 1.32 bits per heavy atom. The molecule has 0 aliphatic rings. The van der Waals surface area contributed by atoms with Gasteiger partial charge in [-0.25, -0.2) is 9.37 Å². The van der Waals surface area contributed by atoms with E-state index in [0.717, 1.165) is 11.4 Å². The molecule has 114 valence electrons. The first-order valence-electron chi connectivity index (χ1n) is 7.04. The SMILES string of the molecule is CCc1cnc(C(C)Nc2ccc3c(Cl)ccnc3c2F)s1. The molecule has 0 aliphatic heterocycles. The lowest BCUT2D eigenvalue weighted by molar-refractivity contribution is 0.636. The normalized spacial score (nSPS) is 12.5. The van der Waals surface area contributed by atoms with E-state index in [9.17, 15) is 4.39 Å².